The average molecular weight is 527 g/mol. The van der Waals surface area contributed by atoms with E-state index in [1.165, 1.54) is 43.7 Å². The Morgan fingerprint density at radius 1 is 1.16 bits per heavy atom. The summed E-state index contributed by atoms with van der Waals surface area (Å²) < 4.78 is 1.02. The molecule has 1 aliphatic heterocycles. The maximum absolute atomic E-state index is 12.7. The minimum atomic E-state index is 0. The molecule has 0 aromatic heterocycles. The molecule has 1 unspecified atom stereocenters. The molecule has 4 saturated carbocycles. The van der Waals surface area contributed by atoms with Gasteiger partial charge in [-0.1, -0.05) is 34.6 Å². The summed E-state index contributed by atoms with van der Waals surface area (Å²) in [6.07, 6.45) is 9.89. The van der Waals surface area contributed by atoms with E-state index in [4.69, 9.17) is 4.99 Å². The van der Waals surface area contributed by atoms with Gasteiger partial charge in [-0.25, -0.2) is 0 Å². The molecule has 4 nitrogen and oxygen atoms in total. The zero-order valence-electron chi connectivity index (χ0n) is 18.2. The number of benzene rings is 1. The van der Waals surface area contributed by atoms with Crippen molar-refractivity contribution >= 4 is 56.9 Å². The van der Waals surface area contributed by atoms with E-state index < -0.39 is 0 Å². The van der Waals surface area contributed by atoms with Crippen molar-refractivity contribution in [3.8, 4) is 0 Å². The lowest BCUT2D eigenvalue weighted by molar-refractivity contribution is -0.116. The summed E-state index contributed by atoms with van der Waals surface area (Å²) in [4.78, 5) is 20.7. The van der Waals surface area contributed by atoms with Gasteiger partial charge in [0.25, 0.3) is 0 Å². The molecule has 5 fully saturated rings. The van der Waals surface area contributed by atoms with Crippen LogP contribution >= 0.6 is 40.1 Å². The summed E-state index contributed by atoms with van der Waals surface area (Å²) >= 11 is 5.33. The summed E-state index contributed by atoms with van der Waals surface area (Å²) in [6.45, 7) is 3.22. The normalized spacial score (nSPS) is 34.8. The van der Waals surface area contributed by atoms with Crippen LogP contribution in [0.2, 0.25) is 0 Å². The number of nitrogens with one attached hydrogen (secondary N) is 1. The molecule has 6 rings (SSSR count). The summed E-state index contributed by atoms with van der Waals surface area (Å²) in [5.74, 6) is 3.82. The van der Waals surface area contributed by atoms with Crippen LogP contribution in [0.1, 0.15) is 58.3 Å². The Balaban J connectivity index is 0.00000231. The second kappa shape index (κ2) is 9.64. The van der Waals surface area contributed by atoms with E-state index in [1.807, 2.05) is 36.0 Å². The fraction of sp³-hybridized carbons (Fsp3) is 0.667. The topological polar surface area (TPSA) is 44.7 Å². The Hall–Kier alpha value is -0.720. The van der Waals surface area contributed by atoms with E-state index >= 15 is 0 Å². The van der Waals surface area contributed by atoms with Gasteiger partial charge in [0.1, 0.15) is 0 Å². The third kappa shape index (κ3) is 5.11. The Morgan fingerprint density at radius 2 is 1.77 bits per heavy atom. The smallest absolute Gasteiger partial charge is 0.226 e. The molecule has 1 heterocycles. The molecule has 1 atom stereocenters. The van der Waals surface area contributed by atoms with E-state index in [0.29, 0.717) is 6.42 Å². The molecule has 1 saturated heterocycles. The molecule has 1 amide bonds. The standard InChI is InChI=1S/C24H32BrN3OS.ClH/c1-2-7-28-21(11-22(29)26-20-5-3-19(25)4-6-20)15-30-23(28)27-24-12-16-8-17(13-24)10-18(9-16)14-24;/h3-6,16-18,21H,2,7-15H2,1H3,(H,26,29);1H/b27-23-;. The maximum Gasteiger partial charge on any atom is 0.226 e. The first-order chi connectivity index (χ1) is 14.5. The lowest BCUT2D eigenvalue weighted by Crippen LogP contribution is -2.50. The Labute approximate surface area is 204 Å². The van der Waals surface area contributed by atoms with Crippen molar-refractivity contribution in [2.24, 2.45) is 22.7 Å². The monoisotopic (exact) mass is 525 g/mol. The van der Waals surface area contributed by atoms with Gasteiger partial charge in [0.15, 0.2) is 5.17 Å². The third-order valence-electron chi connectivity index (χ3n) is 7.44. The number of amidine groups is 1. The van der Waals surface area contributed by atoms with Crippen molar-refractivity contribution in [1.29, 1.82) is 0 Å². The maximum atomic E-state index is 12.7. The number of rotatable bonds is 6. The predicted octanol–water partition coefficient (Wildman–Crippen LogP) is 6.35. The third-order valence-corrected chi connectivity index (χ3v) is 9.11. The van der Waals surface area contributed by atoms with E-state index in [-0.39, 0.29) is 29.9 Å². The molecule has 7 heteroatoms. The Bertz CT molecular complexity index is 795. The van der Waals surface area contributed by atoms with Gasteiger partial charge in [-0.3, -0.25) is 9.79 Å². The SMILES string of the molecule is CCCN1/C(=N/C23CC4CC(CC(C4)C2)C3)SCC1CC(=O)Nc1ccc(Br)cc1.Cl. The highest BCUT2D eigenvalue weighted by Gasteiger charge is 2.51. The van der Waals surface area contributed by atoms with Gasteiger partial charge in [-0.2, -0.15) is 0 Å². The summed E-state index contributed by atoms with van der Waals surface area (Å²) in [5.41, 5.74) is 1.07. The van der Waals surface area contributed by atoms with Gasteiger partial charge in [0, 0.05) is 34.9 Å². The summed E-state index contributed by atoms with van der Waals surface area (Å²) in [6, 6.07) is 8.05. The lowest BCUT2D eigenvalue weighted by atomic mass is 9.53. The van der Waals surface area contributed by atoms with Crippen molar-refractivity contribution in [3.63, 3.8) is 0 Å². The fourth-order valence-electron chi connectivity index (χ4n) is 6.65. The quantitative estimate of drug-likeness (QED) is 0.469. The van der Waals surface area contributed by atoms with Crippen LogP contribution < -0.4 is 5.32 Å². The largest absolute Gasteiger partial charge is 0.347 e. The van der Waals surface area contributed by atoms with Crippen LogP contribution in [0.4, 0.5) is 5.69 Å². The highest BCUT2D eigenvalue weighted by atomic mass is 79.9. The number of aliphatic imine (C=N–C) groups is 1. The van der Waals surface area contributed by atoms with Crippen LogP contribution in [-0.4, -0.2) is 39.9 Å². The molecule has 0 radical (unpaired) electrons. The number of halogens is 2. The molecule has 0 spiro atoms. The first-order valence-corrected chi connectivity index (χ1v) is 13.3. The minimum absolute atomic E-state index is 0. The molecular formula is C24H33BrClN3OS. The number of carbonyl (C=O) groups excluding carboxylic acids is 1. The van der Waals surface area contributed by atoms with E-state index in [0.717, 1.165) is 46.6 Å². The van der Waals surface area contributed by atoms with Crippen molar-refractivity contribution in [2.75, 3.05) is 17.6 Å². The molecule has 170 valence electrons. The van der Waals surface area contributed by atoms with Crippen molar-refractivity contribution < 1.29 is 4.79 Å². The molecule has 1 N–H and O–H groups in total. The number of amides is 1. The van der Waals surface area contributed by atoms with Crippen molar-refractivity contribution in [3.05, 3.63) is 28.7 Å². The van der Waals surface area contributed by atoms with Crippen molar-refractivity contribution in [2.45, 2.75) is 69.9 Å². The van der Waals surface area contributed by atoms with Crippen LogP contribution in [0, 0.1) is 17.8 Å². The first-order valence-electron chi connectivity index (χ1n) is 11.6. The Morgan fingerprint density at radius 3 is 2.35 bits per heavy atom. The van der Waals surface area contributed by atoms with Crippen LogP contribution in [0.25, 0.3) is 0 Å². The first kappa shape index (κ1) is 23.4. The zero-order valence-corrected chi connectivity index (χ0v) is 21.4. The number of carbonyl (C=O) groups is 1. The number of hydrogen-bond acceptors (Lipinski definition) is 3. The summed E-state index contributed by atoms with van der Waals surface area (Å²) in [5, 5.41) is 4.29. The highest BCUT2D eigenvalue weighted by molar-refractivity contribution is 9.10. The number of nitrogens with zero attached hydrogens (tertiary/aromatic N) is 2. The molecule has 1 aromatic carbocycles. The van der Waals surface area contributed by atoms with E-state index in [1.54, 1.807) is 0 Å². The minimum Gasteiger partial charge on any atom is -0.347 e. The van der Waals surface area contributed by atoms with Gasteiger partial charge in [0.05, 0.1) is 5.54 Å². The molecule has 4 aliphatic carbocycles. The molecular weight excluding hydrogens is 494 g/mol. The highest BCUT2D eigenvalue weighted by Crippen LogP contribution is 2.57. The number of anilines is 1. The summed E-state index contributed by atoms with van der Waals surface area (Å²) in [7, 11) is 0. The Kier molecular flexibility index (Phi) is 7.29. The second-order valence-electron chi connectivity index (χ2n) is 9.95. The molecule has 5 aliphatic rings. The van der Waals surface area contributed by atoms with Crippen LogP contribution in [0.15, 0.2) is 33.7 Å². The zero-order chi connectivity index (χ0) is 20.7. The van der Waals surface area contributed by atoms with Gasteiger partial charge < -0.3 is 10.2 Å². The van der Waals surface area contributed by atoms with Crippen LogP contribution in [-0.2, 0) is 4.79 Å². The average Bonchev–Trinajstić information content (AvgIpc) is 3.03. The molecule has 31 heavy (non-hydrogen) atoms. The molecule has 1 aromatic rings. The van der Waals surface area contributed by atoms with Gasteiger partial charge in [0.2, 0.25) is 5.91 Å². The number of thioether (sulfide) groups is 1. The fourth-order valence-corrected chi connectivity index (χ4v) is 8.22. The van der Waals surface area contributed by atoms with Crippen molar-refractivity contribution in [1.82, 2.24) is 4.90 Å². The van der Waals surface area contributed by atoms with E-state index in [2.05, 4.69) is 33.1 Å². The lowest BCUT2D eigenvalue weighted by Gasteiger charge is -2.55. The number of hydrogen-bond donors (Lipinski definition) is 1. The predicted molar refractivity (Wildman–Crippen MR) is 136 cm³/mol. The van der Waals surface area contributed by atoms with Gasteiger partial charge >= 0.3 is 0 Å². The van der Waals surface area contributed by atoms with Crippen LogP contribution in [0.3, 0.4) is 0 Å². The molecule has 4 bridgehead atoms. The van der Waals surface area contributed by atoms with E-state index in [9.17, 15) is 4.79 Å². The second-order valence-corrected chi connectivity index (χ2v) is 11.9. The van der Waals surface area contributed by atoms with Gasteiger partial charge in [-0.15, -0.1) is 12.4 Å². The van der Waals surface area contributed by atoms with Gasteiger partial charge in [-0.05, 0) is 87.0 Å². The van der Waals surface area contributed by atoms with Crippen LogP contribution in [0.5, 0.6) is 0 Å².